The Morgan fingerprint density at radius 1 is 0.821 bits per heavy atom. The molecule has 1 N–H and O–H groups in total. The monoisotopic (exact) mass is 427 g/mol. The van der Waals surface area contributed by atoms with E-state index in [0.717, 1.165) is 50.8 Å². The van der Waals surface area contributed by atoms with E-state index in [9.17, 15) is 26.4 Å². The minimum absolute atomic E-state index is 0.0141. The van der Waals surface area contributed by atoms with Crippen LogP contribution in [0.3, 0.4) is 0 Å². The van der Waals surface area contributed by atoms with Crippen molar-refractivity contribution in [1.82, 2.24) is 0 Å². The minimum atomic E-state index is -4.19. The van der Waals surface area contributed by atoms with Crippen LogP contribution in [-0.4, -0.2) is 49.2 Å². The number of ether oxygens (including phenoxy) is 2. The number of sulfonamides is 1. The van der Waals surface area contributed by atoms with Gasteiger partial charge in [0.2, 0.25) is 0 Å². The van der Waals surface area contributed by atoms with Gasteiger partial charge in [0.25, 0.3) is 10.0 Å². The van der Waals surface area contributed by atoms with E-state index >= 15 is 0 Å². The normalized spacial score (nSPS) is 11.5. The van der Waals surface area contributed by atoms with E-state index in [-0.39, 0.29) is 26.6 Å². The van der Waals surface area contributed by atoms with Gasteiger partial charge in [-0.2, -0.15) is 0 Å². The van der Waals surface area contributed by atoms with Gasteiger partial charge in [-0.1, -0.05) is 0 Å². The molecule has 0 aliphatic heterocycles. The van der Waals surface area contributed by atoms with Crippen molar-refractivity contribution in [2.75, 3.05) is 25.2 Å². The fraction of sp³-hybridized carbons (Fsp3) is 0.176. The van der Waals surface area contributed by atoms with Gasteiger partial charge >= 0.3 is 11.9 Å². The van der Waals surface area contributed by atoms with Crippen LogP contribution in [0.2, 0.25) is 0 Å². The van der Waals surface area contributed by atoms with E-state index in [0.29, 0.717) is 0 Å². The average molecular weight is 427 g/mol. The van der Waals surface area contributed by atoms with Crippen molar-refractivity contribution in [1.29, 1.82) is 0 Å². The molecule has 0 spiro atoms. The topological polar surface area (TPSA) is 133 Å². The Labute approximate surface area is 162 Å². The lowest BCUT2D eigenvalue weighted by Crippen LogP contribution is -2.17. The number of esters is 2. The van der Waals surface area contributed by atoms with Crippen LogP contribution in [-0.2, 0) is 29.3 Å². The van der Waals surface area contributed by atoms with Gasteiger partial charge in [0.15, 0.2) is 9.84 Å². The van der Waals surface area contributed by atoms with Gasteiger partial charge in [-0.25, -0.2) is 26.4 Å². The third-order valence-corrected chi connectivity index (χ3v) is 6.16. The molecule has 11 heteroatoms. The maximum atomic E-state index is 12.6. The number of sulfone groups is 1. The first-order valence-electron chi connectivity index (χ1n) is 7.63. The molecule has 0 bridgehead atoms. The molecule has 9 nitrogen and oxygen atoms in total. The highest BCUT2D eigenvalue weighted by Gasteiger charge is 2.21. The first-order chi connectivity index (χ1) is 13.0. The number of carbonyl (C=O) groups is 2. The highest BCUT2D eigenvalue weighted by molar-refractivity contribution is 7.92. The zero-order valence-corrected chi connectivity index (χ0v) is 16.8. The molecule has 0 heterocycles. The van der Waals surface area contributed by atoms with Crippen LogP contribution in [0.1, 0.15) is 20.7 Å². The summed E-state index contributed by atoms with van der Waals surface area (Å²) in [4.78, 5) is 23.3. The maximum Gasteiger partial charge on any atom is 0.339 e. The van der Waals surface area contributed by atoms with Gasteiger partial charge in [-0.15, -0.1) is 0 Å². The quantitative estimate of drug-likeness (QED) is 0.685. The SMILES string of the molecule is COC(=O)c1ccc(C(=O)OC)c(NS(=O)(=O)c2ccc(S(C)(=O)=O)cc2)c1. The van der Waals surface area contributed by atoms with Crippen LogP contribution < -0.4 is 4.72 Å². The van der Waals surface area contributed by atoms with Crippen molar-refractivity contribution < 1.29 is 35.9 Å². The average Bonchev–Trinajstić information content (AvgIpc) is 2.65. The molecule has 2 aromatic rings. The molecule has 0 amide bonds. The molecular weight excluding hydrogens is 410 g/mol. The summed E-state index contributed by atoms with van der Waals surface area (Å²) in [6.07, 6.45) is 0.996. The summed E-state index contributed by atoms with van der Waals surface area (Å²) in [5, 5.41) is 0. The fourth-order valence-electron chi connectivity index (χ4n) is 2.23. The lowest BCUT2D eigenvalue weighted by molar-refractivity contribution is 0.0587. The highest BCUT2D eigenvalue weighted by Crippen LogP contribution is 2.24. The third-order valence-electron chi connectivity index (χ3n) is 3.65. The van der Waals surface area contributed by atoms with Crippen molar-refractivity contribution in [3.8, 4) is 0 Å². The molecule has 0 unspecified atom stereocenters. The van der Waals surface area contributed by atoms with Crippen molar-refractivity contribution in [3.05, 3.63) is 53.6 Å². The second-order valence-corrected chi connectivity index (χ2v) is 9.29. The molecule has 0 atom stereocenters. The molecule has 0 saturated carbocycles. The zero-order valence-electron chi connectivity index (χ0n) is 15.1. The van der Waals surface area contributed by atoms with Crippen molar-refractivity contribution in [2.24, 2.45) is 0 Å². The van der Waals surface area contributed by atoms with Gasteiger partial charge < -0.3 is 9.47 Å². The number of hydrogen-bond acceptors (Lipinski definition) is 8. The molecule has 0 fully saturated rings. The molecule has 0 aromatic heterocycles. The summed E-state index contributed by atoms with van der Waals surface area (Å²) < 4.78 is 59.7. The molecule has 150 valence electrons. The number of rotatable bonds is 6. The molecular formula is C17H17NO8S2. The zero-order chi connectivity index (χ0) is 21.1. The van der Waals surface area contributed by atoms with Gasteiger partial charge in [0.05, 0.1) is 40.8 Å². The van der Waals surface area contributed by atoms with Crippen LogP contribution in [0.4, 0.5) is 5.69 Å². The Kier molecular flexibility index (Phi) is 6.10. The van der Waals surface area contributed by atoms with Crippen LogP contribution in [0.5, 0.6) is 0 Å². The number of anilines is 1. The van der Waals surface area contributed by atoms with Crippen LogP contribution in [0, 0.1) is 0 Å². The van der Waals surface area contributed by atoms with E-state index in [2.05, 4.69) is 14.2 Å². The first kappa shape index (κ1) is 21.4. The summed E-state index contributed by atoms with van der Waals surface area (Å²) in [6.45, 7) is 0. The number of nitrogens with one attached hydrogen (secondary N) is 1. The molecule has 2 aromatic carbocycles. The van der Waals surface area contributed by atoms with Crippen molar-refractivity contribution in [2.45, 2.75) is 9.79 Å². The van der Waals surface area contributed by atoms with E-state index in [1.54, 1.807) is 0 Å². The molecule has 2 rings (SSSR count). The molecule has 0 aliphatic rings. The van der Waals surface area contributed by atoms with Gasteiger partial charge in [-0.05, 0) is 42.5 Å². The van der Waals surface area contributed by atoms with Crippen molar-refractivity contribution >= 4 is 37.5 Å². The molecule has 0 saturated heterocycles. The Morgan fingerprint density at radius 3 is 1.86 bits per heavy atom. The fourth-order valence-corrected chi connectivity index (χ4v) is 3.93. The molecule has 0 radical (unpaired) electrons. The Bertz CT molecular complexity index is 1120. The molecule has 0 aliphatic carbocycles. The summed E-state index contributed by atoms with van der Waals surface area (Å²) in [7, 11) is -5.40. The highest BCUT2D eigenvalue weighted by atomic mass is 32.2. The summed E-state index contributed by atoms with van der Waals surface area (Å²) in [5.74, 6) is -1.55. The number of hydrogen-bond donors (Lipinski definition) is 1. The second-order valence-electron chi connectivity index (χ2n) is 5.59. The Morgan fingerprint density at radius 2 is 1.36 bits per heavy atom. The third kappa shape index (κ3) is 4.67. The van der Waals surface area contributed by atoms with Gasteiger partial charge in [0.1, 0.15) is 0 Å². The smallest absolute Gasteiger partial charge is 0.339 e. The number of methoxy groups -OCH3 is 2. The van der Waals surface area contributed by atoms with Crippen LogP contribution >= 0.6 is 0 Å². The lowest BCUT2D eigenvalue weighted by atomic mass is 10.1. The lowest BCUT2D eigenvalue weighted by Gasteiger charge is -2.13. The van der Waals surface area contributed by atoms with E-state index in [1.165, 1.54) is 12.1 Å². The van der Waals surface area contributed by atoms with E-state index in [4.69, 9.17) is 0 Å². The largest absolute Gasteiger partial charge is 0.465 e. The van der Waals surface area contributed by atoms with Crippen molar-refractivity contribution in [3.63, 3.8) is 0 Å². The second kappa shape index (κ2) is 7.98. The standard InChI is InChI=1S/C17H17NO8S2/c1-25-16(19)11-4-9-14(17(20)26-2)15(10-11)18-28(23,24)13-7-5-12(6-8-13)27(3,21)22/h4-10,18H,1-3H3. The summed E-state index contributed by atoms with van der Waals surface area (Å²) in [5.41, 5.74) is -0.297. The van der Waals surface area contributed by atoms with Crippen LogP contribution in [0.25, 0.3) is 0 Å². The van der Waals surface area contributed by atoms with E-state index in [1.807, 2.05) is 0 Å². The molecule has 28 heavy (non-hydrogen) atoms. The predicted molar refractivity (Wildman–Crippen MR) is 99.5 cm³/mol. The predicted octanol–water partition coefficient (Wildman–Crippen LogP) is 1.46. The van der Waals surface area contributed by atoms with Crippen LogP contribution in [0.15, 0.2) is 52.3 Å². The number of benzene rings is 2. The Balaban J connectivity index is 2.49. The van der Waals surface area contributed by atoms with Gasteiger partial charge in [0, 0.05) is 6.26 Å². The van der Waals surface area contributed by atoms with Gasteiger partial charge in [-0.3, -0.25) is 4.72 Å². The summed E-state index contributed by atoms with van der Waals surface area (Å²) >= 11 is 0. The Hall–Kier alpha value is -2.92. The maximum absolute atomic E-state index is 12.6. The number of carbonyl (C=O) groups excluding carboxylic acids is 2. The van der Waals surface area contributed by atoms with E-state index < -0.39 is 31.8 Å². The first-order valence-corrected chi connectivity index (χ1v) is 11.0. The summed E-state index contributed by atoms with van der Waals surface area (Å²) in [6, 6.07) is 8.17. The minimum Gasteiger partial charge on any atom is -0.465 e.